The summed E-state index contributed by atoms with van der Waals surface area (Å²) in [4.78, 5) is 12.5. The first kappa shape index (κ1) is 13.8. The minimum Gasteiger partial charge on any atom is -0.497 e. The maximum atomic E-state index is 12.5. The smallest absolute Gasteiger partial charge is 0.143 e. The normalized spacial score (nSPS) is 26.8. The lowest BCUT2D eigenvalue weighted by Gasteiger charge is -2.42. The highest BCUT2D eigenvalue weighted by Crippen LogP contribution is 2.53. The Morgan fingerprint density at radius 3 is 2.77 bits per heavy atom. The van der Waals surface area contributed by atoms with Gasteiger partial charge in [0, 0.05) is 6.42 Å². The number of aryl methyl sites for hydroxylation is 1. The van der Waals surface area contributed by atoms with E-state index >= 15 is 0 Å². The van der Waals surface area contributed by atoms with Crippen molar-refractivity contribution < 1.29 is 9.53 Å². The number of ether oxygens (including phenoxy) is 1. The Kier molecular flexibility index (Phi) is 3.04. The van der Waals surface area contributed by atoms with E-state index in [1.54, 1.807) is 7.11 Å². The zero-order valence-corrected chi connectivity index (χ0v) is 13.4. The van der Waals surface area contributed by atoms with Crippen molar-refractivity contribution >= 4 is 11.4 Å². The number of carbonyl (C=O) groups is 1. The molecule has 3 aliphatic rings. The van der Waals surface area contributed by atoms with Gasteiger partial charge in [0.05, 0.1) is 12.5 Å². The lowest BCUT2D eigenvalue weighted by Crippen LogP contribution is -2.36. The maximum absolute atomic E-state index is 12.5. The summed E-state index contributed by atoms with van der Waals surface area (Å²) < 4.78 is 5.36. The van der Waals surface area contributed by atoms with Gasteiger partial charge in [-0.1, -0.05) is 12.1 Å². The van der Waals surface area contributed by atoms with E-state index in [9.17, 15) is 4.79 Å². The van der Waals surface area contributed by atoms with Crippen molar-refractivity contribution in [2.75, 3.05) is 7.11 Å². The third-order valence-corrected chi connectivity index (χ3v) is 5.78. The van der Waals surface area contributed by atoms with Gasteiger partial charge < -0.3 is 4.74 Å². The summed E-state index contributed by atoms with van der Waals surface area (Å²) in [5.74, 6) is 1.38. The number of hydrogen-bond donors (Lipinski definition) is 0. The predicted octanol–water partition coefficient (Wildman–Crippen LogP) is 4.48. The summed E-state index contributed by atoms with van der Waals surface area (Å²) in [5.41, 5.74) is 6.82. The van der Waals surface area contributed by atoms with Crippen LogP contribution in [0.2, 0.25) is 0 Å². The van der Waals surface area contributed by atoms with E-state index in [0.29, 0.717) is 5.78 Å². The van der Waals surface area contributed by atoms with Crippen molar-refractivity contribution in [1.82, 2.24) is 0 Å². The largest absolute Gasteiger partial charge is 0.497 e. The van der Waals surface area contributed by atoms with E-state index in [1.165, 1.54) is 27.8 Å². The topological polar surface area (TPSA) is 26.3 Å². The minimum absolute atomic E-state index is 0.221. The highest BCUT2D eigenvalue weighted by molar-refractivity contribution is 5.93. The fourth-order valence-corrected chi connectivity index (χ4v) is 4.46. The molecule has 0 amide bonds. The van der Waals surface area contributed by atoms with Gasteiger partial charge in [0.2, 0.25) is 0 Å². The van der Waals surface area contributed by atoms with Crippen molar-refractivity contribution in [1.29, 1.82) is 0 Å². The van der Waals surface area contributed by atoms with E-state index in [2.05, 4.69) is 31.2 Å². The van der Waals surface area contributed by atoms with E-state index in [4.69, 9.17) is 4.74 Å². The molecule has 0 saturated carbocycles. The molecule has 0 radical (unpaired) electrons. The Bertz CT molecular complexity index is 723. The number of carbonyl (C=O) groups excluding carboxylic acids is 1. The molecule has 0 heterocycles. The standard InChI is InChI=1S/C20H22O2/c1-20-11-10-16-15-9-7-14(22-2)12-13(15)6-8-17(16)18(20)4-3-5-19(20)21/h4,7,9,12H,3,5-6,8,10-11H2,1-2H3/t20-/m0/s1. The van der Waals surface area contributed by atoms with Gasteiger partial charge in [-0.25, -0.2) is 0 Å². The second-order valence-corrected chi connectivity index (χ2v) is 6.89. The summed E-state index contributed by atoms with van der Waals surface area (Å²) in [6, 6.07) is 6.44. The summed E-state index contributed by atoms with van der Waals surface area (Å²) >= 11 is 0. The van der Waals surface area contributed by atoms with Crippen LogP contribution in [0, 0.1) is 5.41 Å². The molecule has 0 saturated heterocycles. The average molecular weight is 294 g/mol. The van der Waals surface area contributed by atoms with Crippen LogP contribution < -0.4 is 4.74 Å². The lowest BCUT2D eigenvalue weighted by molar-refractivity contribution is -0.126. The Morgan fingerprint density at radius 1 is 1.09 bits per heavy atom. The summed E-state index contributed by atoms with van der Waals surface area (Å²) in [6.07, 6.45) is 8.06. The molecule has 1 aromatic carbocycles. The third kappa shape index (κ3) is 1.83. The van der Waals surface area contributed by atoms with Crippen molar-refractivity contribution in [2.45, 2.75) is 45.4 Å². The molecular formula is C20H22O2. The number of allylic oxidation sites excluding steroid dienone is 4. The lowest BCUT2D eigenvalue weighted by atomic mass is 9.60. The van der Waals surface area contributed by atoms with E-state index < -0.39 is 0 Å². The Morgan fingerprint density at radius 2 is 1.95 bits per heavy atom. The molecular weight excluding hydrogens is 272 g/mol. The molecule has 3 aliphatic carbocycles. The van der Waals surface area contributed by atoms with Gasteiger partial charge in [-0.2, -0.15) is 0 Å². The summed E-state index contributed by atoms with van der Waals surface area (Å²) in [5, 5.41) is 0. The molecule has 0 unspecified atom stereocenters. The van der Waals surface area contributed by atoms with Gasteiger partial charge >= 0.3 is 0 Å². The van der Waals surface area contributed by atoms with Crippen LogP contribution in [0.1, 0.15) is 50.2 Å². The molecule has 1 atom stereocenters. The van der Waals surface area contributed by atoms with Crippen molar-refractivity contribution in [3.8, 4) is 5.75 Å². The van der Waals surface area contributed by atoms with Crippen molar-refractivity contribution in [3.05, 3.63) is 46.5 Å². The second-order valence-electron chi connectivity index (χ2n) is 6.89. The Labute approximate surface area is 131 Å². The zero-order valence-electron chi connectivity index (χ0n) is 13.4. The highest BCUT2D eigenvalue weighted by Gasteiger charge is 2.43. The van der Waals surface area contributed by atoms with Gasteiger partial charge in [-0.3, -0.25) is 4.79 Å². The van der Waals surface area contributed by atoms with Gasteiger partial charge in [0.15, 0.2) is 0 Å². The predicted molar refractivity (Wildman–Crippen MR) is 87.9 cm³/mol. The molecule has 0 aromatic heterocycles. The quantitative estimate of drug-likeness (QED) is 0.763. The molecule has 0 spiro atoms. The number of fused-ring (bicyclic) bond motifs is 4. The van der Waals surface area contributed by atoms with Crippen LogP contribution in [0.3, 0.4) is 0 Å². The van der Waals surface area contributed by atoms with Gasteiger partial charge in [0.25, 0.3) is 0 Å². The molecule has 0 N–H and O–H groups in total. The maximum Gasteiger partial charge on any atom is 0.143 e. The number of benzene rings is 1. The molecule has 1 aromatic rings. The molecule has 2 nitrogen and oxygen atoms in total. The van der Waals surface area contributed by atoms with Crippen LogP contribution in [-0.2, 0) is 11.2 Å². The number of hydrogen-bond acceptors (Lipinski definition) is 2. The first-order valence-corrected chi connectivity index (χ1v) is 8.27. The van der Waals surface area contributed by atoms with Crippen LogP contribution in [0.5, 0.6) is 5.75 Å². The van der Waals surface area contributed by atoms with Gasteiger partial charge in [-0.05, 0) is 79.0 Å². The summed E-state index contributed by atoms with van der Waals surface area (Å²) in [7, 11) is 1.72. The van der Waals surface area contributed by atoms with E-state index in [1.807, 2.05) is 0 Å². The van der Waals surface area contributed by atoms with Crippen molar-refractivity contribution in [2.24, 2.45) is 5.41 Å². The zero-order chi connectivity index (χ0) is 15.3. The molecule has 2 heteroatoms. The van der Waals surface area contributed by atoms with Crippen LogP contribution in [0.4, 0.5) is 0 Å². The number of rotatable bonds is 1. The van der Waals surface area contributed by atoms with Crippen LogP contribution in [0.25, 0.3) is 5.57 Å². The molecule has 0 aliphatic heterocycles. The average Bonchev–Trinajstić information content (AvgIpc) is 2.55. The fourth-order valence-electron chi connectivity index (χ4n) is 4.46. The Hall–Kier alpha value is -1.83. The van der Waals surface area contributed by atoms with Crippen LogP contribution in [-0.4, -0.2) is 12.9 Å². The molecule has 114 valence electrons. The van der Waals surface area contributed by atoms with Crippen LogP contribution in [0.15, 0.2) is 35.4 Å². The van der Waals surface area contributed by atoms with Crippen molar-refractivity contribution in [3.63, 3.8) is 0 Å². The van der Waals surface area contributed by atoms with E-state index in [-0.39, 0.29) is 5.41 Å². The number of methoxy groups -OCH3 is 1. The van der Waals surface area contributed by atoms with Crippen LogP contribution >= 0.6 is 0 Å². The fraction of sp³-hybridized carbons (Fsp3) is 0.450. The monoisotopic (exact) mass is 294 g/mol. The number of ketones is 1. The highest BCUT2D eigenvalue weighted by atomic mass is 16.5. The van der Waals surface area contributed by atoms with E-state index in [0.717, 1.165) is 44.3 Å². The minimum atomic E-state index is -0.221. The van der Waals surface area contributed by atoms with Gasteiger partial charge in [0.1, 0.15) is 11.5 Å². The summed E-state index contributed by atoms with van der Waals surface area (Å²) in [6.45, 7) is 2.16. The molecule has 0 fully saturated rings. The first-order valence-electron chi connectivity index (χ1n) is 8.27. The Balaban J connectivity index is 1.85. The third-order valence-electron chi connectivity index (χ3n) is 5.78. The molecule has 22 heavy (non-hydrogen) atoms. The molecule has 0 bridgehead atoms. The number of Topliss-reactive ketones (excluding diaryl/α,β-unsaturated/α-hetero) is 1. The first-order chi connectivity index (χ1) is 10.6. The SMILES string of the molecule is COc1ccc2c(c1)CCC1=C2CC[C@]2(C)C(=O)CCC=C12. The second kappa shape index (κ2) is 4.84. The van der Waals surface area contributed by atoms with Gasteiger partial charge in [-0.15, -0.1) is 0 Å². The molecule has 4 rings (SSSR count).